The molecule has 6 heteroatoms. The highest BCUT2D eigenvalue weighted by atomic mass is 16.5. The average molecular weight is 378 g/mol. The lowest BCUT2D eigenvalue weighted by molar-refractivity contribution is 0.104. The van der Waals surface area contributed by atoms with E-state index in [4.69, 9.17) is 9.47 Å². The molecule has 0 fully saturated rings. The van der Waals surface area contributed by atoms with Gasteiger partial charge in [0.1, 0.15) is 0 Å². The summed E-state index contributed by atoms with van der Waals surface area (Å²) in [4.78, 5) is 12.8. The molecule has 1 heterocycles. The van der Waals surface area contributed by atoms with Crippen LogP contribution in [-0.2, 0) is 0 Å². The Kier molecular flexibility index (Phi) is 5.49. The van der Waals surface area contributed by atoms with E-state index in [1.54, 1.807) is 22.9 Å². The van der Waals surface area contributed by atoms with Crippen LogP contribution in [0.1, 0.15) is 27.3 Å². The first-order valence-electron chi connectivity index (χ1n) is 8.75. The Morgan fingerprint density at radius 3 is 2.25 bits per heavy atom. The maximum Gasteiger partial charge on any atom is 0.200 e. The molecule has 6 nitrogen and oxygen atoms in total. The van der Waals surface area contributed by atoms with Crippen LogP contribution in [0.3, 0.4) is 0 Å². The number of aromatic nitrogens is 2. The molecule has 144 valence electrons. The smallest absolute Gasteiger partial charge is 0.200 e. The maximum atomic E-state index is 12.8. The number of ketones is 1. The highest BCUT2D eigenvalue weighted by Crippen LogP contribution is 2.37. The fraction of sp³-hybridized carbons (Fsp3) is 0.182. The Labute approximate surface area is 163 Å². The molecule has 3 rings (SSSR count). The van der Waals surface area contributed by atoms with E-state index in [-0.39, 0.29) is 23.0 Å². The summed E-state index contributed by atoms with van der Waals surface area (Å²) in [6, 6.07) is 12.9. The van der Waals surface area contributed by atoms with E-state index in [0.717, 1.165) is 11.4 Å². The largest absolute Gasteiger partial charge is 0.502 e. The number of phenolic OH excluding ortho intramolecular Hbond substituents is 1. The SMILES string of the molecule is COc1cc(/C=C\C(=O)c2c(C)nn(-c3ccccc3)c2C)cc(OC)c1O. The number of hydrogen-bond donors (Lipinski definition) is 1. The molecule has 2 aromatic carbocycles. The van der Waals surface area contributed by atoms with Crippen molar-refractivity contribution < 1.29 is 19.4 Å². The van der Waals surface area contributed by atoms with Crippen LogP contribution in [0.2, 0.25) is 0 Å². The molecule has 0 unspecified atom stereocenters. The third kappa shape index (κ3) is 3.62. The van der Waals surface area contributed by atoms with Gasteiger partial charge in [-0.1, -0.05) is 24.3 Å². The Morgan fingerprint density at radius 1 is 1.07 bits per heavy atom. The van der Waals surface area contributed by atoms with Gasteiger partial charge in [-0.15, -0.1) is 0 Å². The number of hydrogen-bond acceptors (Lipinski definition) is 5. The van der Waals surface area contributed by atoms with Crippen LogP contribution in [0, 0.1) is 13.8 Å². The van der Waals surface area contributed by atoms with Crippen molar-refractivity contribution in [1.82, 2.24) is 9.78 Å². The Balaban J connectivity index is 1.93. The van der Waals surface area contributed by atoms with Crippen LogP contribution in [0.4, 0.5) is 0 Å². The predicted octanol–water partition coefficient (Wildman–Crippen LogP) is 4.11. The molecule has 3 aromatic rings. The molecule has 0 spiro atoms. The number of aromatic hydroxyl groups is 1. The molecule has 0 saturated heterocycles. The first kappa shape index (κ1) is 19.2. The first-order valence-corrected chi connectivity index (χ1v) is 8.75. The van der Waals surface area contributed by atoms with Crippen LogP contribution in [0.5, 0.6) is 17.2 Å². The number of aryl methyl sites for hydroxylation is 1. The highest BCUT2D eigenvalue weighted by Gasteiger charge is 2.18. The van der Waals surface area contributed by atoms with Crippen molar-refractivity contribution in [1.29, 1.82) is 0 Å². The zero-order valence-electron chi connectivity index (χ0n) is 16.3. The van der Waals surface area contributed by atoms with Crippen molar-refractivity contribution >= 4 is 11.9 Å². The van der Waals surface area contributed by atoms with Crippen LogP contribution >= 0.6 is 0 Å². The summed E-state index contributed by atoms with van der Waals surface area (Å²) in [6.07, 6.45) is 3.14. The van der Waals surface area contributed by atoms with Crippen molar-refractivity contribution in [3.05, 3.63) is 71.1 Å². The number of nitrogens with zero attached hydrogens (tertiary/aromatic N) is 2. The van der Waals surface area contributed by atoms with E-state index in [1.807, 2.05) is 44.2 Å². The fourth-order valence-electron chi connectivity index (χ4n) is 3.09. The Hall–Kier alpha value is -3.54. The number of phenols is 1. The van der Waals surface area contributed by atoms with Crippen LogP contribution in [0.25, 0.3) is 11.8 Å². The monoisotopic (exact) mass is 378 g/mol. The molecule has 0 aliphatic rings. The van der Waals surface area contributed by atoms with E-state index in [2.05, 4.69) is 5.10 Å². The molecule has 0 aliphatic carbocycles. The predicted molar refractivity (Wildman–Crippen MR) is 108 cm³/mol. The fourth-order valence-corrected chi connectivity index (χ4v) is 3.09. The first-order chi connectivity index (χ1) is 13.5. The zero-order chi connectivity index (χ0) is 20.3. The van der Waals surface area contributed by atoms with Crippen molar-refractivity contribution in [3.8, 4) is 22.9 Å². The summed E-state index contributed by atoms with van der Waals surface area (Å²) < 4.78 is 12.1. The topological polar surface area (TPSA) is 73.6 Å². The van der Waals surface area contributed by atoms with E-state index in [1.165, 1.54) is 20.3 Å². The number of para-hydroxylation sites is 1. The van der Waals surface area contributed by atoms with Crippen molar-refractivity contribution in [2.45, 2.75) is 13.8 Å². The number of benzene rings is 2. The standard InChI is InChI=1S/C22H22N2O4/c1-14-21(15(2)24(23-14)17-8-6-5-7-9-17)18(25)11-10-16-12-19(27-3)22(26)20(13-16)28-4/h5-13,26H,1-4H3/b11-10-. The lowest BCUT2D eigenvalue weighted by atomic mass is 10.1. The maximum absolute atomic E-state index is 12.8. The number of ether oxygens (including phenoxy) is 2. The van der Waals surface area contributed by atoms with Crippen LogP contribution in [0.15, 0.2) is 48.5 Å². The summed E-state index contributed by atoms with van der Waals surface area (Å²) in [5, 5.41) is 14.5. The molecule has 0 saturated carbocycles. The van der Waals surface area contributed by atoms with E-state index in [0.29, 0.717) is 16.8 Å². The van der Waals surface area contributed by atoms with Gasteiger partial charge in [-0.25, -0.2) is 4.68 Å². The molecule has 1 aromatic heterocycles. The molecule has 1 N–H and O–H groups in total. The summed E-state index contributed by atoms with van der Waals surface area (Å²) in [7, 11) is 2.91. The van der Waals surface area contributed by atoms with Gasteiger partial charge in [0, 0.05) is 0 Å². The van der Waals surface area contributed by atoms with E-state index < -0.39 is 0 Å². The van der Waals surface area contributed by atoms with Gasteiger partial charge in [0.05, 0.1) is 36.9 Å². The van der Waals surface area contributed by atoms with Crippen molar-refractivity contribution in [2.75, 3.05) is 14.2 Å². The van der Waals surface area contributed by atoms with Crippen molar-refractivity contribution in [2.24, 2.45) is 0 Å². The number of carbonyl (C=O) groups is 1. The number of rotatable bonds is 6. The van der Waals surface area contributed by atoms with Crippen molar-refractivity contribution in [3.63, 3.8) is 0 Å². The normalized spacial score (nSPS) is 11.0. The van der Waals surface area contributed by atoms with E-state index >= 15 is 0 Å². The lowest BCUT2D eigenvalue weighted by Crippen LogP contribution is -2.01. The number of methoxy groups -OCH3 is 2. The molecular formula is C22H22N2O4. The summed E-state index contributed by atoms with van der Waals surface area (Å²) in [5.41, 5.74) is 3.58. The lowest BCUT2D eigenvalue weighted by Gasteiger charge is -2.09. The summed E-state index contributed by atoms with van der Waals surface area (Å²) in [5.74, 6) is 0.318. The molecule has 0 aliphatic heterocycles. The van der Waals surface area contributed by atoms with Gasteiger partial charge in [-0.3, -0.25) is 4.79 Å². The molecule has 0 atom stereocenters. The quantitative estimate of drug-likeness (QED) is 0.516. The minimum atomic E-state index is -0.150. The number of allylic oxidation sites excluding steroid dienone is 1. The van der Waals surface area contributed by atoms with Gasteiger partial charge in [-0.2, -0.15) is 5.10 Å². The highest BCUT2D eigenvalue weighted by molar-refractivity contribution is 6.08. The van der Waals surface area contributed by atoms with Gasteiger partial charge in [-0.05, 0) is 49.8 Å². The zero-order valence-corrected chi connectivity index (χ0v) is 16.3. The molecule has 0 amide bonds. The Bertz CT molecular complexity index is 1010. The average Bonchev–Trinajstić information content (AvgIpc) is 3.01. The molecule has 0 radical (unpaired) electrons. The summed E-state index contributed by atoms with van der Waals surface area (Å²) in [6.45, 7) is 3.70. The molecular weight excluding hydrogens is 356 g/mol. The van der Waals surface area contributed by atoms with Gasteiger partial charge >= 0.3 is 0 Å². The second-order valence-corrected chi connectivity index (χ2v) is 6.26. The van der Waals surface area contributed by atoms with Crippen LogP contribution < -0.4 is 9.47 Å². The second-order valence-electron chi connectivity index (χ2n) is 6.26. The van der Waals surface area contributed by atoms with E-state index in [9.17, 15) is 9.90 Å². The molecule has 0 bridgehead atoms. The number of carbonyl (C=O) groups excluding carboxylic acids is 1. The minimum absolute atomic E-state index is 0.0793. The van der Waals surface area contributed by atoms with Gasteiger partial charge in [0.15, 0.2) is 17.3 Å². The minimum Gasteiger partial charge on any atom is -0.502 e. The van der Waals surface area contributed by atoms with Gasteiger partial charge in [0.2, 0.25) is 5.75 Å². The second kappa shape index (κ2) is 8.00. The Morgan fingerprint density at radius 2 is 1.68 bits per heavy atom. The third-order valence-electron chi connectivity index (χ3n) is 4.47. The van der Waals surface area contributed by atoms with Gasteiger partial charge in [0.25, 0.3) is 0 Å². The molecule has 28 heavy (non-hydrogen) atoms. The summed E-state index contributed by atoms with van der Waals surface area (Å²) >= 11 is 0. The van der Waals surface area contributed by atoms with Gasteiger partial charge < -0.3 is 14.6 Å². The van der Waals surface area contributed by atoms with Crippen LogP contribution in [-0.4, -0.2) is 34.9 Å². The third-order valence-corrected chi connectivity index (χ3v) is 4.47.